The quantitative estimate of drug-likeness (QED) is 0.741. The van der Waals surface area contributed by atoms with E-state index < -0.39 is 50.3 Å². The molecule has 0 aliphatic carbocycles. The highest BCUT2D eigenvalue weighted by molar-refractivity contribution is 7.92. The predicted molar refractivity (Wildman–Crippen MR) is 64.5 cm³/mol. The summed E-state index contributed by atoms with van der Waals surface area (Å²) in [6.07, 6.45) is -1.22. The predicted octanol–water partition coefficient (Wildman–Crippen LogP) is 1.85. The van der Waals surface area contributed by atoms with E-state index in [1.54, 1.807) is 0 Å². The average molecular weight is 306 g/mol. The van der Waals surface area contributed by atoms with E-state index in [4.69, 9.17) is 4.74 Å². The lowest BCUT2D eigenvalue weighted by molar-refractivity contribution is 0.0599. The second-order valence-electron chi connectivity index (χ2n) is 4.40. The topological polar surface area (TPSA) is 69.7 Å². The molecule has 110 valence electrons. The van der Waals surface area contributed by atoms with Crippen LogP contribution in [0.5, 0.6) is 5.75 Å². The summed E-state index contributed by atoms with van der Waals surface area (Å²) in [6.45, 7) is 1.44. The van der Waals surface area contributed by atoms with Crippen LogP contribution in [0.15, 0.2) is 17.0 Å². The fourth-order valence-corrected chi connectivity index (χ4v) is 3.40. The van der Waals surface area contributed by atoms with Gasteiger partial charge in [-0.25, -0.2) is 22.0 Å². The minimum atomic E-state index is -4.42. The molecule has 2 rings (SSSR count). The summed E-state index contributed by atoms with van der Waals surface area (Å²) in [6, 6.07) is 1.66. The second-order valence-corrected chi connectivity index (χ2v) is 6.44. The minimum Gasteiger partial charge on any atom is -0.486 e. The zero-order chi connectivity index (χ0) is 15.1. The molecule has 0 aromatic heterocycles. The van der Waals surface area contributed by atoms with Gasteiger partial charge in [0.05, 0.1) is 18.8 Å². The Kier molecular flexibility index (Phi) is 3.68. The van der Waals surface area contributed by atoms with E-state index in [9.17, 15) is 22.0 Å². The number of carbonyl (C=O) groups is 1. The molecule has 1 aromatic rings. The Labute approximate surface area is 114 Å². The van der Waals surface area contributed by atoms with Crippen molar-refractivity contribution in [2.75, 3.05) is 7.11 Å². The van der Waals surface area contributed by atoms with Gasteiger partial charge in [-0.3, -0.25) is 0 Å². The molecule has 8 heteroatoms. The number of hydrogen-bond acceptors (Lipinski definition) is 5. The van der Waals surface area contributed by atoms with Gasteiger partial charge in [0.15, 0.2) is 11.6 Å². The number of rotatable bonds is 1. The van der Waals surface area contributed by atoms with E-state index in [1.807, 2.05) is 0 Å². The normalized spacial score (nSPS) is 24.2. The van der Waals surface area contributed by atoms with E-state index in [1.165, 1.54) is 6.92 Å². The number of esters is 1. The van der Waals surface area contributed by atoms with Crippen LogP contribution in [0.1, 0.15) is 23.7 Å². The summed E-state index contributed by atoms with van der Waals surface area (Å²) in [5, 5.41) is 0. The molecule has 2 unspecified atom stereocenters. The van der Waals surface area contributed by atoms with E-state index in [0.29, 0.717) is 0 Å². The molecular formula is C12H12F2O5S. The summed E-state index contributed by atoms with van der Waals surface area (Å²) in [5.41, 5.74) is -2.54. The van der Waals surface area contributed by atoms with Crippen molar-refractivity contribution in [1.82, 2.24) is 0 Å². The van der Waals surface area contributed by atoms with E-state index in [-0.39, 0.29) is 5.56 Å². The third kappa shape index (κ3) is 2.35. The SMILES string of the molecule is COC(=O)c1cc(F)c2c(c1)S(=O)(=O)C(F)CC(C)O2. The minimum absolute atomic E-state index is 0.322. The van der Waals surface area contributed by atoms with Gasteiger partial charge in [-0.05, 0) is 19.1 Å². The van der Waals surface area contributed by atoms with Crippen LogP contribution in [0.2, 0.25) is 0 Å². The van der Waals surface area contributed by atoms with Crippen LogP contribution >= 0.6 is 0 Å². The van der Waals surface area contributed by atoms with Gasteiger partial charge < -0.3 is 9.47 Å². The Balaban J connectivity index is 2.71. The Morgan fingerprint density at radius 2 is 2.10 bits per heavy atom. The third-order valence-electron chi connectivity index (χ3n) is 2.91. The summed E-state index contributed by atoms with van der Waals surface area (Å²) >= 11 is 0. The van der Waals surface area contributed by atoms with Gasteiger partial charge in [-0.15, -0.1) is 0 Å². The third-order valence-corrected chi connectivity index (χ3v) is 4.69. The number of ether oxygens (including phenoxy) is 2. The molecule has 1 heterocycles. The first-order valence-electron chi connectivity index (χ1n) is 5.74. The Morgan fingerprint density at radius 1 is 1.45 bits per heavy atom. The molecule has 0 bridgehead atoms. The lowest BCUT2D eigenvalue weighted by Gasteiger charge is -2.12. The molecule has 0 fully saturated rings. The van der Waals surface area contributed by atoms with Gasteiger partial charge in [-0.2, -0.15) is 0 Å². The molecule has 0 amide bonds. The van der Waals surface area contributed by atoms with E-state index in [0.717, 1.165) is 19.2 Å². The maximum absolute atomic E-state index is 13.9. The van der Waals surface area contributed by atoms with Crippen LogP contribution in [-0.4, -0.2) is 33.1 Å². The number of alkyl halides is 1. The molecule has 2 atom stereocenters. The smallest absolute Gasteiger partial charge is 0.337 e. The van der Waals surface area contributed by atoms with Crippen molar-refractivity contribution in [1.29, 1.82) is 0 Å². The van der Waals surface area contributed by atoms with Crippen LogP contribution in [0, 0.1) is 5.82 Å². The van der Waals surface area contributed by atoms with Gasteiger partial charge in [-0.1, -0.05) is 0 Å². The molecule has 0 saturated heterocycles. The number of sulfone groups is 1. The zero-order valence-corrected chi connectivity index (χ0v) is 11.5. The van der Waals surface area contributed by atoms with Crippen molar-refractivity contribution in [2.24, 2.45) is 0 Å². The first-order valence-corrected chi connectivity index (χ1v) is 7.28. The van der Waals surface area contributed by atoms with Gasteiger partial charge >= 0.3 is 5.97 Å². The zero-order valence-electron chi connectivity index (χ0n) is 10.7. The van der Waals surface area contributed by atoms with Gasteiger partial charge in [0, 0.05) is 6.42 Å². The molecule has 20 heavy (non-hydrogen) atoms. The molecule has 0 spiro atoms. The standard InChI is InChI=1S/C12H12F2O5S/c1-6-3-10(14)20(16,17)9-5-7(12(15)18-2)4-8(13)11(9)19-6/h4-6,10H,3H2,1-2H3. The molecule has 0 radical (unpaired) electrons. The highest BCUT2D eigenvalue weighted by atomic mass is 32.2. The first-order chi connectivity index (χ1) is 9.27. The Bertz CT molecular complexity index is 656. The molecular weight excluding hydrogens is 294 g/mol. The van der Waals surface area contributed by atoms with Crippen molar-refractivity contribution < 1.29 is 31.5 Å². The molecule has 0 N–H and O–H groups in total. The van der Waals surface area contributed by atoms with Crippen LogP contribution in [0.25, 0.3) is 0 Å². The Morgan fingerprint density at radius 3 is 2.70 bits per heavy atom. The first kappa shape index (κ1) is 14.7. The molecule has 1 aromatic carbocycles. The summed E-state index contributed by atoms with van der Waals surface area (Å²) in [5.74, 6) is -2.53. The molecule has 1 aliphatic rings. The van der Waals surface area contributed by atoms with Crippen molar-refractivity contribution in [3.05, 3.63) is 23.5 Å². The lowest BCUT2D eigenvalue weighted by atomic mass is 10.2. The number of methoxy groups -OCH3 is 1. The fraction of sp³-hybridized carbons (Fsp3) is 0.417. The lowest BCUT2D eigenvalue weighted by Crippen LogP contribution is -2.20. The number of fused-ring (bicyclic) bond motifs is 1. The second kappa shape index (κ2) is 5.01. The maximum Gasteiger partial charge on any atom is 0.337 e. The van der Waals surface area contributed by atoms with E-state index >= 15 is 0 Å². The highest BCUT2D eigenvalue weighted by Gasteiger charge is 2.38. The van der Waals surface area contributed by atoms with E-state index in [2.05, 4.69) is 4.74 Å². The van der Waals surface area contributed by atoms with Crippen LogP contribution in [0.4, 0.5) is 8.78 Å². The van der Waals surface area contributed by atoms with Crippen molar-refractivity contribution in [2.45, 2.75) is 29.8 Å². The molecule has 5 nitrogen and oxygen atoms in total. The number of hydrogen-bond donors (Lipinski definition) is 0. The van der Waals surface area contributed by atoms with Crippen LogP contribution in [0.3, 0.4) is 0 Å². The maximum atomic E-state index is 13.9. The summed E-state index contributed by atoms with van der Waals surface area (Å²) < 4.78 is 61.3. The highest BCUT2D eigenvalue weighted by Crippen LogP contribution is 2.37. The van der Waals surface area contributed by atoms with Gasteiger partial charge in [0.25, 0.3) is 0 Å². The van der Waals surface area contributed by atoms with Crippen molar-refractivity contribution in [3.63, 3.8) is 0 Å². The molecule has 0 saturated carbocycles. The summed E-state index contributed by atoms with van der Waals surface area (Å²) in [7, 11) is -3.35. The van der Waals surface area contributed by atoms with Crippen LogP contribution < -0.4 is 4.74 Å². The fourth-order valence-electron chi connectivity index (χ4n) is 1.90. The monoisotopic (exact) mass is 306 g/mol. The number of carbonyl (C=O) groups excluding carboxylic acids is 1. The summed E-state index contributed by atoms with van der Waals surface area (Å²) in [4.78, 5) is 10.7. The van der Waals surface area contributed by atoms with Gasteiger partial charge in [0.2, 0.25) is 15.3 Å². The Hall–Kier alpha value is -1.70. The van der Waals surface area contributed by atoms with Crippen molar-refractivity contribution >= 4 is 15.8 Å². The number of benzene rings is 1. The van der Waals surface area contributed by atoms with Crippen LogP contribution in [-0.2, 0) is 14.6 Å². The number of halogens is 2. The largest absolute Gasteiger partial charge is 0.486 e. The molecule has 1 aliphatic heterocycles. The van der Waals surface area contributed by atoms with Gasteiger partial charge in [0.1, 0.15) is 4.90 Å². The van der Waals surface area contributed by atoms with Crippen molar-refractivity contribution in [3.8, 4) is 5.75 Å². The average Bonchev–Trinajstić information content (AvgIpc) is 2.46.